The van der Waals surface area contributed by atoms with Gasteiger partial charge in [-0.25, -0.2) is 0 Å². The molecule has 0 saturated carbocycles. The fourth-order valence-corrected chi connectivity index (χ4v) is 1.57. The predicted molar refractivity (Wildman–Crippen MR) is 74.2 cm³/mol. The molecule has 0 radical (unpaired) electrons. The number of aryl methyl sites for hydroxylation is 1. The fraction of sp³-hybridized carbons (Fsp3) is 0.467. The molecule has 0 bridgehead atoms. The number of rotatable bonds is 8. The summed E-state index contributed by atoms with van der Waals surface area (Å²) < 4.78 is 4.96. The molecule has 2 nitrogen and oxygen atoms in total. The zero-order valence-corrected chi connectivity index (χ0v) is 10.9. The van der Waals surface area contributed by atoms with E-state index < -0.39 is 0 Å². The van der Waals surface area contributed by atoms with Gasteiger partial charge in [0.15, 0.2) is 0 Å². The van der Waals surface area contributed by atoms with Gasteiger partial charge in [-0.05, 0) is 30.5 Å². The molecule has 94 valence electrons. The fourth-order valence-electron chi connectivity index (χ4n) is 1.57. The first-order valence-corrected chi connectivity index (χ1v) is 6.32. The number of hydrogen-bond donors (Lipinski definition) is 1. The third kappa shape index (κ3) is 6.25. The van der Waals surface area contributed by atoms with Crippen molar-refractivity contribution < 1.29 is 4.74 Å². The molecule has 1 aromatic carbocycles. The van der Waals surface area contributed by atoms with E-state index in [2.05, 4.69) is 48.7 Å². The van der Waals surface area contributed by atoms with Crippen LogP contribution in [0.25, 0.3) is 6.08 Å². The summed E-state index contributed by atoms with van der Waals surface area (Å²) in [5, 5.41) is 3.31. The Labute approximate surface area is 105 Å². The largest absolute Gasteiger partial charge is 0.383 e. The molecule has 0 atom stereocenters. The molecule has 0 saturated heterocycles. The van der Waals surface area contributed by atoms with Gasteiger partial charge < -0.3 is 10.1 Å². The molecule has 0 aliphatic carbocycles. The van der Waals surface area contributed by atoms with Crippen molar-refractivity contribution >= 4 is 6.08 Å². The van der Waals surface area contributed by atoms with Gasteiger partial charge in [0.05, 0.1) is 6.61 Å². The smallest absolute Gasteiger partial charge is 0.0587 e. The molecule has 1 N–H and O–H groups in total. The van der Waals surface area contributed by atoms with Crippen LogP contribution in [-0.2, 0) is 11.2 Å². The summed E-state index contributed by atoms with van der Waals surface area (Å²) in [6.07, 6.45) is 6.55. The van der Waals surface area contributed by atoms with Crippen LogP contribution in [0.4, 0.5) is 0 Å². The van der Waals surface area contributed by atoms with Gasteiger partial charge in [-0.15, -0.1) is 0 Å². The third-order valence-electron chi connectivity index (χ3n) is 2.67. The number of methoxy groups -OCH3 is 1. The molecule has 0 fully saturated rings. The zero-order chi connectivity index (χ0) is 12.3. The Bertz CT molecular complexity index is 316. The van der Waals surface area contributed by atoms with E-state index in [1.165, 1.54) is 11.1 Å². The second-order valence-electron chi connectivity index (χ2n) is 4.03. The van der Waals surface area contributed by atoms with Gasteiger partial charge >= 0.3 is 0 Å². The van der Waals surface area contributed by atoms with Crippen LogP contribution in [0.2, 0.25) is 0 Å². The van der Waals surface area contributed by atoms with Crippen molar-refractivity contribution in [2.75, 3.05) is 26.8 Å². The van der Waals surface area contributed by atoms with Gasteiger partial charge in [-0.2, -0.15) is 0 Å². The van der Waals surface area contributed by atoms with Crippen molar-refractivity contribution in [1.82, 2.24) is 5.32 Å². The minimum Gasteiger partial charge on any atom is -0.383 e. The van der Waals surface area contributed by atoms with E-state index in [9.17, 15) is 0 Å². The lowest BCUT2D eigenvalue weighted by Gasteiger charge is -2.01. The van der Waals surface area contributed by atoms with Crippen molar-refractivity contribution in [2.45, 2.75) is 19.8 Å². The van der Waals surface area contributed by atoms with E-state index in [-0.39, 0.29) is 0 Å². The number of ether oxygens (including phenoxy) is 1. The number of hydrogen-bond acceptors (Lipinski definition) is 2. The molecule has 0 aliphatic heterocycles. The Morgan fingerprint density at radius 2 is 1.94 bits per heavy atom. The SMILES string of the molecule is CCc1ccc(C=CCCNCCOC)cc1. The summed E-state index contributed by atoms with van der Waals surface area (Å²) in [5.74, 6) is 0. The average molecular weight is 233 g/mol. The van der Waals surface area contributed by atoms with E-state index in [1.54, 1.807) is 7.11 Å². The summed E-state index contributed by atoms with van der Waals surface area (Å²) in [4.78, 5) is 0. The molecular formula is C15H23NO. The van der Waals surface area contributed by atoms with Crippen molar-refractivity contribution in [3.8, 4) is 0 Å². The molecule has 1 aromatic rings. The maximum absolute atomic E-state index is 4.96. The second-order valence-corrected chi connectivity index (χ2v) is 4.03. The van der Waals surface area contributed by atoms with Crippen LogP contribution >= 0.6 is 0 Å². The monoisotopic (exact) mass is 233 g/mol. The minimum absolute atomic E-state index is 0.780. The van der Waals surface area contributed by atoms with E-state index in [0.717, 1.165) is 32.5 Å². The van der Waals surface area contributed by atoms with Crippen LogP contribution in [0.3, 0.4) is 0 Å². The summed E-state index contributed by atoms with van der Waals surface area (Å²) in [5.41, 5.74) is 2.67. The Hall–Kier alpha value is -1.12. The molecular weight excluding hydrogens is 210 g/mol. The number of benzene rings is 1. The highest BCUT2D eigenvalue weighted by atomic mass is 16.5. The average Bonchev–Trinajstić information content (AvgIpc) is 2.38. The van der Waals surface area contributed by atoms with Crippen LogP contribution in [-0.4, -0.2) is 26.8 Å². The predicted octanol–water partition coefficient (Wildman–Crippen LogP) is 2.89. The molecule has 0 heterocycles. The highest BCUT2D eigenvalue weighted by molar-refractivity contribution is 5.49. The van der Waals surface area contributed by atoms with E-state index >= 15 is 0 Å². The minimum atomic E-state index is 0.780. The van der Waals surface area contributed by atoms with Gasteiger partial charge in [0.25, 0.3) is 0 Å². The molecule has 0 aliphatic rings. The summed E-state index contributed by atoms with van der Waals surface area (Å²) >= 11 is 0. The quantitative estimate of drug-likeness (QED) is 0.697. The lowest BCUT2D eigenvalue weighted by atomic mass is 10.1. The van der Waals surface area contributed by atoms with Crippen molar-refractivity contribution in [3.05, 3.63) is 41.5 Å². The van der Waals surface area contributed by atoms with Crippen LogP contribution in [0, 0.1) is 0 Å². The van der Waals surface area contributed by atoms with Crippen LogP contribution < -0.4 is 5.32 Å². The normalized spacial score (nSPS) is 11.2. The Morgan fingerprint density at radius 1 is 1.18 bits per heavy atom. The van der Waals surface area contributed by atoms with Crippen LogP contribution in [0.15, 0.2) is 30.3 Å². The Kier molecular flexibility index (Phi) is 7.35. The standard InChI is InChI=1S/C15H23NO/c1-3-14-7-9-15(10-8-14)6-4-5-11-16-12-13-17-2/h4,6-10,16H,3,5,11-13H2,1-2H3. The molecule has 17 heavy (non-hydrogen) atoms. The maximum Gasteiger partial charge on any atom is 0.0587 e. The number of nitrogens with one attached hydrogen (secondary N) is 1. The van der Waals surface area contributed by atoms with Gasteiger partial charge in [0.2, 0.25) is 0 Å². The summed E-state index contributed by atoms with van der Waals surface area (Å²) in [6, 6.07) is 8.73. The first-order valence-electron chi connectivity index (χ1n) is 6.32. The highest BCUT2D eigenvalue weighted by Crippen LogP contribution is 2.06. The van der Waals surface area contributed by atoms with Crippen molar-refractivity contribution in [2.24, 2.45) is 0 Å². The molecule has 1 rings (SSSR count). The summed E-state index contributed by atoms with van der Waals surface area (Å²) in [6.45, 7) is 4.89. The summed E-state index contributed by atoms with van der Waals surface area (Å²) in [7, 11) is 1.72. The first-order chi connectivity index (χ1) is 8.36. The lowest BCUT2D eigenvalue weighted by molar-refractivity contribution is 0.199. The van der Waals surface area contributed by atoms with Crippen LogP contribution in [0.1, 0.15) is 24.5 Å². The highest BCUT2D eigenvalue weighted by Gasteiger charge is 1.89. The molecule has 0 unspecified atom stereocenters. The van der Waals surface area contributed by atoms with E-state index in [0.29, 0.717) is 0 Å². The lowest BCUT2D eigenvalue weighted by Crippen LogP contribution is -2.19. The van der Waals surface area contributed by atoms with Gasteiger partial charge in [0.1, 0.15) is 0 Å². The van der Waals surface area contributed by atoms with E-state index in [1.807, 2.05) is 0 Å². The topological polar surface area (TPSA) is 21.3 Å². The Balaban J connectivity index is 2.19. The first kappa shape index (κ1) is 13.9. The molecule has 0 aromatic heterocycles. The Morgan fingerprint density at radius 3 is 2.59 bits per heavy atom. The van der Waals surface area contributed by atoms with Crippen molar-refractivity contribution in [1.29, 1.82) is 0 Å². The van der Waals surface area contributed by atoms with Crippen LogP contribution in [0.5, 0.6) is 0 Å². The molecule has 0 spiro atoms. The third-order valence-corrected chi connectivity index (χ3v) is 2.67. The van der Waals surface area contributed by atoms with Gasteiger partial charge in [-0.3, -0.25) is 0 Å². The zero-order valence-electron chi connectivity index (χ0n) is 10.9. The van der Waals surface area contributed by atoms with Gasteiger partial charge in [0, 0.05) is 13.7 Å². The van der Waals surface area contributed by atoms with E-state index in [4.69, 9.17) is 4.74 Å². The maximum atomic E-state index is 4.96. The molecule has 0 amide bonds. The molecule has 2 heteroatoms. The van der Waals surface area contributed by atoms with Gasteiger partial charge in [-0.1, -0.05) is 43.3 Å². The van der Waals surface area contributed by atoms with Crippen molar-refractivity contribution in [3.63, 3.8) is 0 Å². The second kappa shape index (κ2) is 8.97.